The fourth-order valence-corrected chi connectivity index (χ4v) is 2.75. The lowest BCUT2D eigenvalue weighted by Crippen LogP contribution is -2.48. The minimum absolute atomic E-state index is 0.137. The quantitative estimate of drug-likeness (QED) is 0.794. The van der Waals surface area contributed by atoms with Crippen LogP contribution < -0.4 is 15.5 Å². The molecule has 2 N–H and O–H groups in total. The average molecular weight is 332 g/mol. The van der Waals surface area contributed by atoms with Crippen molar-refractivity contribution in [3.05, 3.63) is 24.3 Å². The predicted octanol–water partition coefficient (Wildman–Crippen LogP) is 1.27. The Hall–Kier alpha value is -2.28. The highest BCUT2D eigenvalue weighted by Gasteiger charge is 2.23. The summed E-state index contributed by atoms with van der Waals surface area (Å²) < 4.78 is 4.70. The zero-order valence-electron chi connectivity index (χ0n) is 14.0. The summed E-state index contributed by atoms with van der Waals surface area (Å²) in [6, 6.07) is 8.09. The van der Waals surface area contributed by atoms with Crippen LogP contribution >= 0.6 is 0 Å². The molecule has 0 radical (unpaired) electrons. The lowest BCUT2D eigenvalue weighted by Gasteiger charge is -2.35. The van der Waals surface area contributed by atoms with Gasteiger partial charge in [-0.15, -0.1) is 0 Å². The highest BCUT2D eigenvalue weighted by molar-refractivity contribution is 5.89. The molecule has 1 aliphatic heterocycles. The molecule has 1 saturated carbocycles. The number of rotatable bonds is 5. The van der Waals surface area contributed by atoms with E-state index in [-0.39, 0.29) is 12.0 Å². The smallest absolute Gasteiger partial charge is 0.319 e. The van der Waals surface area contributed by atoms with Gasteiger partial charge in [0.25, 0.3) is 0 Å². The van der Waals surface area contributed by atoms with Crippen LogP contribution in [0.1, 0.15) is 12.8 Å². The van der Waals surface area contributed by atoms with Gasteiger partial charge in [-0.3, -0.25) is 9.69 Å². The fraction of sp³-hybridized carbons (Fsp3) is 0.529. The van der Waals surface area contributed by atoms with Gasteiger partial charge in [0.05, 0.1) is 13.7 Å². The molecule has 1 heterocycles. The summed E-state index contributed by atoms with van der Waals surface area (Å²) in [5.41, 5.74) is 1.92. The number of esters is 1. The van der Waals surface area contributed by atoms with Crippen molar-refractivity contribution in [1.82, 2.24) is 10.2 Å². The zero-order valence-corrected chi connectivity index (χ0v) is 14.0. The van der Waals surface area contributed by atoms with Crippen molar-refractivity contribution in [2.45, 2.75) is 18.9 Å². The number of carbonyl (C=O) groups is 2. The standard InChI is InChI=1S/C17H24N4O3/c1-24-16(22)12-20-8-10-21(11-9-20)15-6-4-14(5-7-15)19-17(23)18-13-2-3-13/h4-7,13H,2-3,8-12H2,1H3,(H2,18,19,23). The number of urea groups is 1. The number of amides is 2. The van der Waals surface area contributed by atoms with Crippen molar-refractivity contribution in [2.75, 3.05) is 50.1 Å². The normalized spacial score (nSPS) is 18.1. The third-order valence-corrected chi connectivity index (χ3v) is 4.36. The van der Waals surface area contributed by atoms with Gasteiger partial charge in [-0.2, -0.15) is 0 Å². The highest BCUT2D eigenvalue weighted by atomic mass is 16.5. The summed E-state index contributed by atoms with van der Waals surface area (Å²) in [4.78, 5) is 27.4. The number of nitrogens with one attached hydrogen (secondary N) is 2. The van der Waals surface area contributed by atoms with E-state index in [4.69, 9.17) is 4.74 Å². The van der Waals surface area contributed by atoms with Gasteiger partial charge >= 0.3 is 12.0 Å². The number of methoxy groups -OCH3 is 1. The van der Waals surface area contributed by atoms with Crippen LogP contribution in [0.25, 0.3) is 0 Å². The number of ether oxygens (including phenoxy) is 1. The van der Waals surface area contributed by atoms with Crippen molar-refractivity contribution in [3.63, 3.8) is 0 Å². The summed E-state index contributed by atoms with van der Waals surface area (Å²) in [5, 5.41) is 5.75. The molecule has 1 aromatic carbocycles. The Morgan fingerprint density at radius 1 is 1.12 bits per heavy atom. The van der Waals surface area contributed by atoms with Gasteiger partial charge in [0, 0.05) is 43.6 Å². The minimum atomic E-state index is -0.191. The average Bonchev–Trinajstić information content (AvgIpc) is 3.40. The Balaban J connectivity index is 1.47. The summed E-state index contributed by atoms with van der Waals surface area (Å²) in [5.74, 6) is -0.191. The molecule has 1 aromatic rings. The van der Waals surface area contributed by atoms with Crippen molar-refractivity contribution < 1.29 is 14.3 Å². The largest absolute Gasteiger partial charge is 0.468 e. The molecule has 7 heteroatoms. The molecule has 2 aliphatic rings. The second-order valence-corrected chi connectivity index (χ2v) is 6.26. The first-order valence-electron chi connectivity index (χ1n) is 8.36. The van der Waals surface area contributed by atoms with Gasteiger partial charge in [-0.25, -0.2) is 4.79 Å². The second kappa shape index (κ2) is 7.53. The van der Waals surface area contributed by atoms with Crippen molar-refractivity contribution in [2.24, 2.45) is 0 Å². The molecule has 2 amide bonds. The van der Waals surface area contributed by atoms with Gasteiger partial charge in [0.2, 0.25) is 0 Å². The number of carbonyl (C=O) groups excluding carboxylic acids is 2. The maximum atomic E-state index is 11.7. The van der Waals surface area contributed by atoms with Crippen LogP contribution in [-0.2, 0) is 9.53 Å². The molecule has 0 atom stereocenters. The number of nitrogens with zero attached hydrogens (tertiary/aromatic N) is 2. The molecule has 24 heavy (non-hydrogen) atoms. The first-order chi connectivity index (χ1) is 11.6. The first kappa shape index (κ1) is 16.6. The van der Waals surface area contributed by atoms with E-state index in [0.29, 0.717) is 12.6 Å². The van der Waals surface area contributed by atoms with Crippen molar-refractivity contribution in [1.29, 1.82) is 0 Å². The number of piperazine rings is 1. The lowest BCUT2D eigenvalue weighted by atomic mass is 10.2. The van der Waals surface area contributed by atoms with Crippen LogP contribution in [0.15, 0.2) is 24.3 Å². The Labute approximate surface area is 141 Å². The van der Waals surface area contributed by atoms with Crippen LogP contribution in [0, 0.1) is 0 Å². The molecule has 7 nitrogen and oxygen atoms in total. The monoisotopic (exact) mass is 332 g/mol. The number of hydrogen-bond acceptors (Lipinski definition) is 5. The molecule has 2 fully saturated rings. The van der Waals surface area contributed by atoms with E-state index in [2.05, 4.69) is 20.4 Å². The minimum Gasteiger partial charge on any atom is -0.468 e. The van der Waals surface area contributed by atoms with Gasteiger partial charge in [-0.1, -0.05) is 0 Å². The molecule has 1 saturated heterocycles. The first-order valence-corrected chi connectivity index (χ1v) is 8.36. The van der Waals surface area contributed by atoms with Crippen LogP contribution in [-0.4, -0.2) is 62.8 Å². The van der Waals surface area contributed by atoms with Crippen molar-refractivity contribution in [3.8, 4) is 0 Å². The second-order valence-electron chi connectivity index (χ2n) is 6.26. The number of anilines is 2. The van der Waals surface area contributed by atoms with E-state index in [1.54, 1.807) is 0 Å². The van der Waals surface area contributed by atoms with E-state index >= 15 is 0 Å². The molecule has 0 aromatic heterocycles. The van der Waals surface area contributed by atoms with E-state index in [1.807, 2.05) is 24.3 Å². The van der Waals surface area contributed by atoms with E-state index in [9.17, 15) is 9.59 Å². The molecule has 1 aliphatic carbocycles. The number of hydrogen-bond donors (Lipinski definition) is 2. The summed E-state index contributed by atoms with van der Waals surface area (Å²) in [6.45, 7) is 3.75. The molecule has 0 bridgehead atoms. The molecule has 3 rings (SSSR count). The number of benzene rings is 1. The Morgan fingerprint density at radius 2 is 1.79 bits per heavy atom. The highest BCUT2D eigenvalue weighted by Crippen LogP contribution is 2.21. The summed E-state index contributed by atoms with van der Waals surface area (Å²) in [6.07, 6.45) is 2.16. The summed E-state index contributed by atoms with van der Waals surface area (Å²) in [7, 11) is 1.42. The van der Waals surface area contributed by atoms with Crippen LogP contribution in [0.4, 0.5) is 16.2 Å². The molecular formula is C17H24N4O3. The Kier molecular flexibility index (Phi) is 5.20. The van der Waals surface area contributed by atoms with Crippen LogP contribution in [0.2, 0.25) is 0 Å². The predicted molar refractivity (Wildman–Crippen MR) is 92.3 cm³/mol. The van der Waals surface area contributed by atoms with Gasteiger partial charge < -0.3 is 20.3 Å². The van der Waals surface area contributed by atoms with E-state index in [0.717, 1.165) is 50.4 Å². The van der Waals surface area contributed by atoms with Crippen LogP contribution in [0.3, 0.4) is 0 Å². The fourth-order valence-electron chi connectivity index (χ4n) is 2.75. The van der Waals surface area contributed by atoms with Gasteiger partial charge in [0.15, 0.2) is 0 Å². The third-order valence-electron chi connectivity index (χ3n) is 4.36. The molecule has 130 valence electrons. The third kappa shape index (κ3) is 4.61. The van der Waals surface area contributed by atoms with E-state index in [1.165, 1.54) is 7.11 Å². The SMILES string of the molecule is COC(=O)CN1CCN(c2ccc(NC(=O)NC3CC3)cc2)CC1. The Morgan fingerprint density at radius 3 is 2.38 bits per heavy atom. The van der Waals surface area contributed by atoms with Crippen LogP contribution in [0.5, 0.6) is 0 Å². The maximum absolute atomic E-state index is 11.7. The lowest BCUT2D eigenvalue weighted by molar-refractivity contribution is -0.142. The molecule has 0 spiro atoms. The van der Waals surface area contributed by atoms with Gasteiger partial charge in [0.1, 0.15) is 0 Å². The molecular weight excluding hydrogens is 308 g/mol. The summed E-state index contributed by atoms with van der Waals surface area (Å²) >= 11 is 0. The molecule has 0 unspecified atom stereocenters. The van der Waals surface area contributed by atoms with Gasteiger partial charge in [-0.05, 0) is 37.1 Å². The van der Waals surface area contributed by atoms with Crippen molar-refractivity contribution >= 4 is 23.4 Å². The maximum Gasteiger partial charge on any atom is 0.319 e. The van der Waals surface area contributed by atoms with E-state index < -0.39 is 0 Å². The zero-order chi connectivity index (χ0) is 16.9. The Bertz CT molecular complexity index is 578. The topological polar surface area (TPSA) is 73.9 Å².